The molecule has 0 spiro atoms. The lowest BCUT2D eigenvalue weighted by Gasteiger charge is -2.10. The zero-order valence-corrected chi connectivity index (χ0v) is 15.8. The Bertz CT molecular complexity index is 993. The van der Waals surface area contributed by atoms with Gasteiger partial charge in [-0.3, -0.25) is 9.59 Å². The van der Waals surface area contributed by atoms with Crippen molar-refractivity contribution in [1.29, 1.82) is 0 Å². The number of sulfone groups is 1. The average Bonchev–Trinajstić information content (AvgIpc) is 2.80. The van der Waals surface area contributed by atoms with E-state index in [1.54, 1.807) is 6.07 Å². The third kappa shape index (κ3) is 5.08. The summed E-state index contributed by atoms with van der Waals surface area (Å²) in [5.74, 6) is -0.947. The van der Waals surface area contributed by atoms with Crippen molar-refractivity contribution >= 4 is 44.8 Å². The first kappa shape index (κ1) is 19.4. The van der Waals surface area contributed by atoms with Gasteiger partial charge in [-0.2, -0.15) is 0 Å². The van der Waals surface area contributed by atoms with Crippen molar-refractivity contribution in [3.05, 3.63) is 48.3 Å². The van der Waals surface area contributed by atoms with Gasteiger partial charge in [0.05, 0.1) is 16.3 Å². The third-order valence-corrected chi connectivity index (χ3v) is 6.67. The highest BCUT2D eigenvalue weighted by molar-refractivity contribution is 7.99. The highest BCUT2D eigenvalue weighted by atomic mass is 32.2. The summed E-state index contributed by atoms with van der Waals surface area (Å²) in [7, 11) is -3.71. The molecule has 9 heteroatoms. The van der Waals surface area contributed by atoms with Gasteiger partial charge in [-0.1, -0.05) is 6.07 Å². The molecular weight excluding hydrogens is 391 g/mol. The van der Waals surface area contributed by atoms with Crippen LogP contribution >= 0.6 is 11.8 Å². The van der Waals surface area contributed by atoms with Crippen LogP contribution in [0.25, 0.3) is 0 Å². The second kappa shape index (κ2) is 8.10. The number of halogens is 1. The average molecular weight is 408 g/mol. The number of hydrogen-bond donors (Lipinski definition) is 2. The number of hydrogen-bond acceptors (Lipinski definition) is 5. The van der Waals surface area contributed by atoms with Gasteiger partial charge in [0.1, 0.15) is 5.82 Å². The maximum atomic E-state index is 13.1. The van der Waals surface area contributed by atoms with E-state index in [2.05, 4.69) is 10.6 Å². The van der Waals surface area contributed by atoms with Crippen molar-refractivity contribution in [2.45, 2.75) is 22.6 Å². The number of fused-ring (bicyclic) bond motifs is 1. The Hall–Kier alpha value is -2.39. The molecule has 0 saturated heterocycles. The number of anilines is 2. The molecule has 1 aliphatic rings. The zero-order valence-electron chi connectivity index (χ0n) is 14.2. The minimum absolute atomic E-state index is 0.0441. The maximum Gasteiger partial charge on any atom is 0.225 e. The monoisotopic (exact) mass is 408 g/mol. The van der Waals surface area contributed by atoms with Crippen molar-refractivity contribution in [3.8, 4) is 0 Å². The van der Waals surface area contributed by atoms with E-state index < -0.39 is 27.3 Å². The Kier molecular flexibility index (Phi) is 5.81. The zero-order chi connectivity index (χ0) is 19.4. The predicted molar refractivity (Wildman–Crippen MR) is 102 cm³/mol. The van der Waals surface area contributed by atoms with Crippen LogP contribution in [0.3, 0.4) is 0 Å². The number of amides is 2. The van der Waals surface area contributed by atoms with Crippen molar-refractivity contribution < 1.29 is 22.4 Å². The van der Waals surface area contributed by atoms with Crippen molar-refractivity contribution in [3.63, 3.8) is 0 Å². The number of benzene rings is 2. The fourth-order valence-electron chi connectivity index (χ4n) is 2.53. The summed E-state index contributed by atoms with van der Waals surface area (Å²) in [4.78, 5) is 24.5. The summed E-state index contributed by atoms with van der Waals surface area (Å²) < 4.78 is 38.2. The maximum absolute atomic E-state index is 13.1. The predicted octanol–water partition coefficient (Wildman–Crippen LogP) is 3.06. The van der Waals surface area contributed by atoms with E-state index in [0.717, 1.165) is 11.0 Å². The number of nitrogens with one attached hydrogen (secondary N) is 2. The van der Waals surface area contributed by atoms with Crippen LogP contribution in [0, 0.1) is 5.82 Å². The van der Waals surface area contributed by atoms with E-state index in [9.17, 15) is 22.4 Å². The first-order valence-corrected chi connectivity index (χ1v) is 10.8. The smallest absolute Gasteiger partial charge is 0.225 e. The minimum Gasteiger partial charge on any atom is -0.326 e. The lowest BCUT2D eigenvalue weighted by atomic mass is 10.3. The van der Waals surface area contributed by atoms with Gasteiger partial charge >= 0.3 is 0 Å². The molecule has 142 valence electrons. The van der Waals surface area contributed by atoms with Crippen LogP contribution in [0.1, 0.15) is 12.8 Å². The molecule has 1 aliphatic heterocycles. The summed E-state index contributed by atoms with van der Waals surface area (Å²) in [6.07, 6.45) is 0.0960. The van der Waals surface area contributed by atoms with Crippen molar-refractivity contribution in [2.75, 3.05) is 22.1 Å². The molecule has 27 heavy (non-hydrogen) atoms. The summed E-state index contributed by atoms with van der Waals surface area (Å²) in [5.41, 5.74) is 0.731. The van der Waals surface area contributed by atoms with Gasteiger partial charge in [0.2, 0.25) is 11.8 Å². The molecule has 0 saturated carbocycles. The fourth-order valence-corrected chi connectivity index (χ4v) is 4.73. The second-order valence-corrected chi connectivity index (χ2v) is 9.18. The Morgan fingerprint density at radius 1 is 1.22 bits per heavy atom. The van der Waals surface area contributed by atoms with Gasteiger partial charge in [-0.05, 0) is 36.4 Å². The van der Waals surface area contributed by atoms with Crippen molar-refractivity contribution in [2.24, 2.45) is 0 Å². The Balaban J connectivity index is 1.68. The minimum atomic E-state index is -3.71. The number of carbonyl (C=O) groups excluding carboxylic acids is 2. The van der Waals surface area contributed by atoms with E-state index in [0.29, 0.717) is 17.9 Å². The summed E-state index contributed by atoms with van der Waals surface area (Å²) in [6, 6.07) is 9.92. The van der Waals surface area contributed by atoms with Gasteiger partial charge in [0.25, 0.3) is 0 Å². The van der Waals surface area contributed by atoms with Gasteiger partial charge in [0.15, 0.2) is 9.84 Å². The number of thioether (sulfide) groups is 1. The number of carbonyl (C=O) groups is 2. The lowest BCUT2D eigenvalue weighted by molar-refractivity contribution is -0.116. The Morgan fingerprint density at radius 2 is 2.04 bits per heavy atom. The quantitative estimate of drug-likeness (QED) is 0.793. The first-order chi connectivity index (χ1) is 12.8. The van der Waals surface area contributed by atoms with Gasteiger partial charge in [-0.25, -0.2) is 12.8 Å². The molecule has 0 atom stereocenters. The molecule has 2 amide bonds. The van der Waals surface area contributed by atoms with Crippen LogP contribution < -0.4 is 10.6 Å². The first-order valence-electron chi connectivity index (χ1n) is 8.18. The van der Waals surface area contributed by atoms with E-state index in [1.165, 1.54) is 42.1 Å². The third-order valence-electron chi connectivity index (χ3n) is 3.88. The molecule has 0 unspecified atom stereocenters. The lowest BCUT2D eigenvalue weighted by Crippen LogP contribution is -2.18. The molecule has 6 nitrogen and oxygen atoms in total. The van der Waals surface area contributed by atoms with E-state index in [-0.39, 0.29) is 22.9 Å². The van der Waals surface area contributed by atoms with Crippen molar-refractivity contribution in [1.82, 2.24) is 0 Å². The molecule has 0 aromatic heterocycles. The highest BCUT2D eigenvalue weighted by Crippen LogP contribution is 2.32. The molecule has 2 aromatic carbocycles. The molecule has 0 radical (unpaired) electrons. The largest absolute Gasteiger partial charge is 0.326 e. The Labute approximate surface area is 160 Å². The molecule has 1 heterocycles. The van der Waals surface area contributed by atoms with Gasteiger partial charge in [0, 0.05) is 29.2 Å². The Morgan fingerprint density at radius 3 is 2.81 bits per heavy atom. The topological polar surface area (TPSA) is 92.3 Å². The van der Waals surface area contributed by atoms with Gasteiger partial charge in [-0.15, -0.1) is 11.8 Å². The highest BCUT2D eigenvalue weighted by Gasteiger charge is 2.20. The fraction of sp³-hybridized carbons (Fsp3) is 0.222. The van der Waals surface area contributed by atoms with Crippen LogP contribution in [-0.4, -0.2) is 31.7 Å². The normalized spacial score (nSPS) is 14.0. The van der Waals surface area contributed by atoms with Crippen LogP contribution in [-0.2, 0) is 19.4 Å². The summed E-state index contributed by atoms with van der Waals surface area (Å²) >= 11 is 1.48. The summed E-state index contributed by atoms with van der Waals surface area (Å²) in [5, 5.41) is 5.17. The molecule has 3 rings (SSSR count). The number of rotatable bonds is 5. The van der Waals surface area contributed by atoms with Crippen LogP contribution in [0.4, 0.5) is 15.8 Å². The molecule has 2 N–H and O–H groups in total. The van der Waals surface area contributed by atoms with Crippen LogP contribution in [0.5, 0.6) is 0 Å². The van der Waals surface area contributed by atoms with Gasteiger partial charge < -0.3 is 10.6 Å². The molecule has 0 fully saturated rings. The molecular formula is C18H17FN2O4S2. The standard InChI is InChI=1S/C18H17FN2O4S2/c19-12-2-1-3-13(10-12)20-18(23)7-9-27(24,25)14-4-5-16-15(11-14)21-17(22)6-8-26-16/h1-5,10-11H,6-9H2,(H,20,23)(H,21,22). The molecule has 0 aliphatic carbocycles. The molecule has 2 aromatic rings. The summed E-state index contributed by atoms with van der Waals surface area (Å²) in [6.45, 7) is 0. The molecule has 0 bridgehead atoms. The van der Waals surface area contributed by atoms with Crippen LogP contribution in [0.15, 0.2) is 52.3 Å². The second-order valence-electron chi connectivity index (χ2n) is 5.93. The van der Waals surface area contributed by atoms with Crippen LogP contribution in [0.2, 0.25) is 0 Å². The van der Waals surface area contributed by atoms with E-state index >= 15 is 0 Å². The van der Waals surface area contributed by atoms with E-state index in [1.807, 2.05) is 0 Å². The SMILES string of the molecule is O=C(CCS(=O)(=O)c1ccc2c(c1)NC(=O)CCS2)Nc1cccc(F)c1. The van der Waals surface area contributed by atoms with E-state index in [4.69, 9.17) is 0 Å².